The van der Waals surface area contributed by atoms with Gasteiger partial charge in [-0.2, -0.15) is 5.26 Å². The van der Waals surface area contributed by atoms with E-state index in [-0.39, 0.29) is 28.7 Å². The lowest BCUT2D eigenvalue weighted by Gasteiger charge is -2.38. The van der Waals surface area contributed by atoms with Gasteiger partial charge in [0.1, 0.15) is 16.5 Å². The van der Waals surface area contributed by atoms with E-state index in [0.717, 1.165) is 11.1 Å². The van der Waals surface area contributed by atoms with Crippen molar-refractivity contribution in [2.75, 3.05) is 4.31 Å². The molecule has 0 fully saturated rings. The Balaban J connectivity index is 1.77. The normalized spacial score (nSPS) is 18.8. The van der Waals surface area contributed by atoms with Crippen LogP contribution in [0.5, 0.6) is 0 Å². The number of rotatable bonds is 3. The molecule has 1 atom stereocenters. The number of nitrogens with two attached hydrogens (primary N) is 1. The van der Waals surface area contributed by atoms with Crippen molar-refractivity contribution in [3.8, 4) is 6.07 Å². The third-order valence-corrected chi connectivity index (χ3v) is 7.83. The average molecular weight is 457 g/mol. The van der Waals surface area contributed by atoms with Gasteiger partial charge < -0.3 is 10.5 Å². The average Bonchev–Trinajstić information content (AvgIpc) is 2.82. The summed E-state index contributed by atoms with van der Waals surface area (Å²) in [6.07, 6.45) is 3.14. The number of allylic oxidation sites excluding steroid dienone is 2. The molecule has 0 spiro atoms. The van der Waals surface area contributed by atoms with Crippen molar-refractivity contribution < 1.29 is 13.2 Å². The number of aryl methyl sites for hydroxylation is 1. The van der Waals surface area contributed by atoms with Crippen LogP contribution in [-0.2, 0) is 21.3 Å². The van der Waals surface area contributed by atoms with Crippen LogP contribution in [0.25, 0.3) is 5.76 Å². The number of aromatic nitrogens is 1. The minimum Gasteiger partial charge on any atom is -0.439 e. The maximum Gasteiger partial charge on any atom is 0.265 e. The smallest absolute Gasteiger partial charge is 0.265 e. The number of fused-ring (bicyclic) bond motifs is 2. The zero-order valence-corrected chi connectivity index (χ0v) is 18.6. The topological polar surface area (TPSA) is 109 Å². The first kappa shape index (κ1) is 20.8. The first-order valence-corrected chi connectivity index (χ1v) is 11.8. The van der Waals surface area contributed by atoms with Crippen LogP contribution in [-0.4, -0.2) is 13.4 Å². The van der Waals surface area contributed by atoms with E-state index in [1.807, 2.05) is 37.3 Å². The van der Waals surface area contributed by atoms with E-state index < -0.39 is 15.9 Å². The number of hydrogen-bond donors (Lipinski definition) is 1. The second-order valence-corrected chi connectivity index (χ2v) is 9.69. The molecule has 33 heavy (non-hydrogen) atoms. The van der Waals surface area contributed by atoms with Gasteiger partial charge in [-0.15, -0.1) is 0 Å². The molecular weight excluding hydrogens is 436 g/mol. The fourth-order valence-corrected chi connectivity index (χ4v) is 6.20. The fraction of sp³-hybridized carbons (Fsp3) is 0.120. The highest BCUT2D eigenvalue weighted by Gasteiger charge is 2.47. The molecule has 0 unspecified atom stereocenters. The first-order valence-electron chi connectivity index (χ1n) is 10.3. The molecule has 0 bridgehead atoms. The number of pyridine rings is 1. The summed E-state index contributed by atoms with van der Waals surface area (Å²) in [5.74, 6) is -0.885. The van der Waals surface area contributed by atoms with Crippen LogP contribution in [0, 0.1) is 18.3 Å². The van der Waals surface area contributed by atoms with E-state index >= 15 is 0 Å². The van der Waals surface area contributed by atoms with Crippen molar-refractivity contribution in [2.45, 2.75) is 19.4 Å². The summed E-state index contributed by atoms with van der Waals surface area (Å²) in [5.41, 5.74) is 9.67. The molecule has 2 aliphatic rings. The van der Waals surface area contributed by atoms with Crippen molar-refractivity contribution in [3.05, 3.63) is 112 Å². The van der Waals surface area contributed by atoms with Crippen molar-refractivity contribution in [2.24, 2.45) is 5.73 Å². The number of benzene rings is 2. The molecule has 0 saturated heterocycles. The molecule has 3 aromatic rings. The quantitative estimate of drug-likeness (QED) is 0.640. The summed E-state index contributed by atoms with van der Waals surface area (Å²) < 4.78 is 35.5. The maximum absolute atomic E-state index is 14.2. The van der Waals surface area contributed by atoms with Gasteiger partial charge in [0.2, 0.25) is 5.88 Å². The third kappa shape index (κ3) is 3.25. The summed E-state index contributed by atoms with van der Waals surface area (Å²) in [6, 6.07) is 20.3. The molecular formula is C25H20N4O3S. The number of para-hydroxylation sites is 1. The Labute approximate surface area is 192 Å². The molecule has 0 amide bonds. The Kier molecular flexibility index (Phi) is 4.91. The molecule has 0 radical (unpaired) electrons. The van der Waals surface area contributed by atoms with Crippen LogP contribution in [0.2, 0.25) is 0 Å². The Bertz CT molecular complexity index is 1470. The predicted octanol–water partition coefficient (Wildman–Crippen LogP) is 3.92. The molecule has 0 aliphatic carbocycles. The van der Waals surface area contributed by atoms with Crippen molar-refractivity contribution in [1.82, 2.24) is 4.98 Å². The molecule has 3 heterocycles. The van der Waals surface area contributed by atoms with E-state index in [1.54, 1.807) is 42.7 Å². The standard InChI is InChI=1S/C25H20N4O3S/c1-16-7-2-3-8-18(16)15-29-21-11-5-4-10-19(21)23-24(33(29,30)31)22(17-9-6-12-28-14-17)20(13-26)25(27)32-23/h2-12,14,22H,15,27H2,1H3/t22-/m0/s1. The van der Waals surface area contributed by atoms with Gasteiger partial charge in [-0.3, -0.25) is 9.29 Å². The van der Waals surface area contributed by atoms with Gasteiger partial charge in [0.25, 0.3) is 10.0 Å². The van der Waals surface area contributed by atoms with Gasteiger partial charge >= 0.3 is 0 Å². The molecule has 2 aliphatic heterocycles. The van der Waals surface area contributed by atoms with Crippen molar-refractivity contribution >= 4 is 21.5 Å². The van der Waals surface area contributed by atoms with Crippen LogP contribution in [0.3, 0.4) is 0 Å². The molecule has 2 N–H and O–H groups in total. The number of hydrogen-bond acceptors (Lipinski definition) is 6. The second-order valence-electron chi connectivity index (χ2n) is 7.86. The largest absolute Gasteiger partial charge is 0.439 e. The maximum atomic E-state index is 14.2. The fourth-order valence-electron chi connectivity index (χ4n) is 4.30. The lowest BCUT2D eigenvalue weighted by molar-refractivity contribution is 0.357. The number of nitrogens with zero attached hydrogens (tertiary/aromatic N) is 3. The van der Waals surface area contributed by atoms with E-state index in [0.29, 0.717) is 16.8 Å². The zero-order chi connectivity index (χ0) is 23.2. The SMILES string of the molecule is Cc1ccccc1CN1c2ccccc2C2=C([C@@H](c3cccnc3)C(C#N)=C(N)O2)S1(=O)=O. The van der Waals surface area contributed by atoms with E-state index in [2.05, 4.69) is 11.1 Å². The molecule has 5 rings (SSSR count). The predicted molar refractivity (Wildman–Crippen MR) is 125 cm³/mol. The minimum absolute atomic E-state index is 0.00599. The van der Waals surface area contributed by atoms with Crippen LogP contribution >= 0.6 is 0 Å². The van der Waals surface area contributed by atoms with E-state index in [4.69, 9.17) is 10.5 Å². The lowest BCUT2D eigenvalue weighted by Crippen LogP contribution is -2.39. The van der Waals surface area contributed by atoms with Gasteiger partial charge in [-0.05, 0) is 41.8 Å². The zero-order valence-electron chi connectivity index (χ0n) is 17.8. The second kappa shape index (κ2) is 7.80. The van der Waals surface area contributed by atoms with Gasteiger partial charge in [0.05, 0.1) is 18.2 Å². The van der Waals surface area contributed by atoms with Crippen molar-refractivity contribution in [3.63, 3.8) is 0 Å². The molecule has 7 nitrogen and oxygen atoms in total. The van der Waals surface area contributed by atoms with Gasteiger partial charge in [0, 0.05) is 18.0 Å². The van der Waals surface area contributed by atoms with Crippen LogP contribution in [0.1, 0.15) is 28.2 Å². The molecule has 2 aromatic carbocycles. The Hall–Kier alpha value is -4.09. The third-order valence-electron chi connectivity index (χ3n) is 5.95. The van der Waals surface area contributed by atoms with Crippen LogP contribution in [0.4, 0.5) is 5.69 Å². The van der Waals surface area contributed by atoms with Gasteiger partial charge in [-0.1, -0.05) is 42.5 Å². The molecule has 0 saturated carbocycles. The summed E-state index contributed by atoms with van der Waals surface area (Å²) in [4.78, 5) is 4.13. The summed E-state index contributed by atoms with van der Waals surface area (Å²) in [7, 11) is -4.10. The summed E-state index contributed by atoms with van der Waals surface area (Å²) >= 11 is 0. The molecule has 1 aromatic heterocycles. The summed E-state index contributed by atoms with van der Waals surface area (Å²) in [5, 5.41) is 9.87. The number of ether oxygens (including phenoxy) is 1. The Morgan fingerprint density at radius 1 is 1.12 bits per heavy atom. The Morgan fingerprint density at radius 2 is 1.88 bits per heavy atom. The van der Waals surface area contributed by atoms with Gasteiger partial charge in [0.15, 0.2) is 5.76 Å². The Morgan fingerprint density at radius 3 is 2.61 bits per heavy atom. The molecule has 8 heteroatoms. The highest BCUT2D eigenvalue weighted by molar-refractivity contribution is 7.96. The number of nitriles is 1. The monoisotopic (exact) mass is 456 g/mol. The minimum atomic E-state index is -4.10. The van der Waals surface area contributed by atoms with E-state index in [1.165, 1.54) is 4.31 Å². The lowest BCUT2D eigenvalue weighted by atomic mass is 9.89. The highest BCUT2D eigenvalue weighted by atomic mass is 32.2. The first-order chi connectivity index (χ1) is 15.9. The van der Waals surface area contributed by atoms with Crippen molar-refractivity contribution in [1.29, 1.82) is 5.26 Å². The van der Waals surface area contributed by atoms with Crippen LogP contribution in [0.15, 0.2) is 89.4 Å². The molecule has 164 valence electrons. The highest BCUT2D eigenvalue weighted by Crippen LogP contribution is 2.51. The van der Waals surface area contributed by atoms with E-state index in [9.17, 15) is 13.7 Å². The van der Waals surface area contributed by atoms with Crippen LogP contribution < -0.4 is 10.0 Å². The number of sulfonamides is 1. The number of anilines is 1. The van der Waals surface area contributed by atoms with Gasteiger partial charge in [-0.25, -0.2) is 8.42 Å². The summed E-state index contributed by atoms with van der Waals surface area (Å²) in [6.45, 7) is 2.09.